The summed E-state index contributed by atoms with van der Waals surface area (Å²) in [5.41, 5.74) is 2.85. The molecule has 3 aliphatic heterocycles. The molecule has 4 atom stereocenters. The number of para-hydroxylation sites is 1. The number of methoxy groups -OCH3 is 1. The Labute approximate surface area is 215 Å². The summed E-state index contributed by atoms with van der Waals surface area (Å²) in [6.45, 7) is 2.66. The van der Waals surface area contributed by atoms with Crippen molar-refractivity contribution in [1.29, 1.82) is 0 Å². The molecule has 1 N–H and O–H groups in total. The van der Waals surface area contributed by atoms with Crippen molar-refractivity contribution < 1.29 is 29.0 Å². The van der Waals surface area contributed by atoms with E-state index in [1.54, 1.807) is 6.08 Å². The van der Waals surface area contributed by atoms with Crippen molar-refractivity contribution in [3.8, 4) is 0 Å². The van der Waals surface area contributed by atoms with Crippen molar-refractivity contribution in [2.24, 2.45) is 5.92 Å². The van der Waals surface area contributed by atoms with Crippen molar-refractivity contribution in [3.05, 3.63) is 60.0 Å². The average molecular weight is 508 g/mol. The summed E-state index contributed by atoms with van der Waals surface area (Å²) in [5, 5.41) is 11.0. The van der Waals surface area contributed by atoms with E-state index in [2.05, 4.69) is 15.5 Å². The molecule has 1 amide bonds. The molecule has 1 fully saturated rings. The number of carbonyl (C=O) groups is 3. The van der Waals surface area contributed by atoms with Crippen LogP contribution in [0.25, 0.3) is 10.9 Å². The second-order valence-electron chi connectivity index (χ2n) is 9.87. The van der Waals surface area contributed by atoms with Crippen molar-refractivity contribution in [2.75, 3.05) is 33.4 Å². The molecule has 0 radical (unpaired) electrons. The number of amides is 1. The lowest BCUT2D eigenvalue weighted by Crippen LogP contribution is -2.49. The van der Waals surface area contributed by atoms with Crippen LogP contribution in [0.2, 0.25) is 0 Å². The van der Waals surface area contributed by atoms with Gasteiger partial charge in [-0.3, -0.25) is 9.59 Å². The molecule has 0 unspecified atom stereocenters. The fraction of sp³-hybridized carbons (Fsp3) is 0.464. The number of aliphatic hydroxyl groups is 1. The Morgan fingerprint density at radius 2 is 2.03 bits per heavy atom. The number of nitrogens with zero attached hydrogens (tertiary/aromatic N) is 3. The number of benzene rings is 1. The van der Waals surface area contributed by atoms with Gasteiger partial charge in [0, 0.05) is 42.9 Å². The lowest BCUT2D eigenvalue weighted by molar-refractivity contribution is -0.142. The summed E-state index contributed by atoms with van der Waals surface area (Å²) >= 11 is 0. The van der Waals surface area contributed by atoms with E-state index in [0.717, 1.165) is 35.0 Å². The molecule has 0 spiro atoms. The van der Waals surface area contributed by atoms with Crippen LogP contribution in [0.3, 0.4) is 0 Å². The summed E-state index contributed by atoms with van der Waals surface area (Å²) in [6.07, 6.45) is 7.42. The standard InChI is InChI=1S/C28H33N3O6/c1-18(33)37-13-12-29-16-20(9-10-26(34)36-2)22-15-24(29)25-14-19-6-3-4-8-23(19)31(25)27(22)28(35)30-11-5-7-21(30)17-32/h3-4,6,8-10,14,16,21-22,24,27,32H,5,7,11-13,15,17H2,1-2H3/b10-9+/t21-,22+,24+,27-/m0/s1. The molecule has 1 saturated heterocycles. The third-order valence-electron chi connectivity index (χ3n) is 7.79. The minimum atomic E-state index is -0.512. The monoisotopic (exact) mass is 507 g/mol. The lowest BCUT2D eigenvalue weighted by Gasteiger charge is -2.47. The molecule has 37 heavy (non-hydrogen) atoms. The Hall–Kier alpha value is -3.59. The fourth-order valence-corrected chi connectivity index (χ4v) is 6.12. The Morgan fingerprint density at radius 3 is 2.78 bits per heavy atom. The van der Waals surface area contributed by atoms with Gasteiger partial charge in [0.05, 0.1) is 32.3 Å². The Morgan fingerprint density at radius 1 is 1.22 bits per heavy atom. The minimum absolute atomic E-state index is 0.00617. The summed E-state index contributed by atoms with van der Waals surface area (Å²) in [7, 11) is 1.33. The number of fused-ring (bicyclic) bond motifs is 6. The summed E-state index contributed by atoms with van der Waals surface area (Å²) in [5.74, 6) is -1.00. The van der Waals surface area contributed by atoms with E-state index >= 15 is 0 Å². The van der Waals surface area contributed by atoms with Crippen LogP contribution in [0.15, 0.2) is 54.3 Å². The Balaban J connectivity index is 1.62. The van der Waals surface area contributed by atoms with Gasteiger partial charge in [-0.15, -0.1) is 0 Å². The molecule has 0 saturated carbocycles. The first-order chi connectivity index (χ1) is 17.9. The predicted octanol–water partition coefficient (Wildman–Crippen LogP) is 2.72. The molecule has 1 aromatic heterocycles. The number of hydrogen-bond donors (Lipinski definition) is 1. The van der Waals surface area contributed by atoms with E-state index in [9.17, 15) is 19.5 Å². The highest BCUT2D eigenvalue weighted by molar-refractivity contribution is 5.88. The molecule has 2 aromatic rings. The summed E-state index contributed by atoms with van der Waals surface area (Å²) < 4.78 is 12.2. The topological polar surface area (TPSA) is 101 Å². The van der Waals surface area contributed by atoms with Crippen molar-refractivity contribution in [2.45, 2.75) is 44.3 Å². The molecule has 9 heteroatoms. The van der Waals surface area contributed by atoms with E-state index in [-0.39, 0.29) is 43.1 Å². The summed E-state index contributed by atoms with van der Waals surface area (Å²) in [4.78, 5) is 41.6. The van der Waals surface area contributed by atoms with E-state index in [1.807, 2.05) is 35.4 Å². The number of rotatable bonds is 7. The van der Waals surface area contributed by atoms with Gasteiger partial charge in [0.15, 0.2) is 0 Å². The minimum Gasteiger partial charge on any atom is -0.466 e. The van der Waals surface area contributed by atoms with Crippen molar-refractivity contribution in [3.63, 3.8) is 0 Å². The van der Waals surface area contributed by atoms with E-state index in [1.165, 1.54) is 20.1 Å². The Bertz CT molecular complexity index is 1260. The molecule has 1 aromatic carbocycles. The third kappa shape index (κ3) is 4.64. The molecule has 4 heterocycles. The van der Waals surface area contributed by atoms with E-state index in [0.29, 0.717) is 19.5 Å². The highest BCUT2D eigenvalue weighted by Gasteiger charge is 2.47. The maximum Gasteiger partial charge on any atom is 0.330 e. The predicted molar refractivity (Wildman–Crippen MR) is 136 cm³/mol. The zero-order valence-corrected chi connectivity index (χ0v) is 21.2. The van der Waals surface area contributed by atoms with Crippen molar-refractivity contribution >= 4 is 28.7 Å². The van der Waals surface area contributed by atoms with Crippen LogP contribution in [-0.4, -0.2) is 76.8 Å². The second kappa shape index (κ2) is 10.4. The molecule has 196 valence electrons. The van der Waals surface area contributed by atoms with Gasteiger partial charge >= 0.3 is 11.9 Å². The van der Waals surface area contributed by atoms with Crippen LogP contribution in [0.1, 0.15) is 44.0 Å². The van der Waals surface area contributed by atoms with Crippen LogP contribution in [0, 0.1) is 5.92 Å². The van der Waals surface area contributed by atoms with Gasteiger partial charge in [0.25, 0.3) is 0 Å². The first kappa shape index (κ1) is 25.1. The number of esters is 2. The van der Waals surface area contributed by atoms with Gasteiger partial charge in [0.1, 0.15) is 12.6 Å². The number of likely N-dealkylation sites (tertiary alicyclic amines) is 1. The summed E-state index contributed by atoms with van der Waals surface area (Å²) in [6, 6.07) is 9.46. The van der Waals surface area contributed by atoms with Gasteiger partial charge in [-0.2, -0.15) is 0 Å². The largest absolute Gasteiger partial charge is 0.466 e. The number of aromatic nitrogens is 1. The molecular weight excluding hydrogens is 474 g/mol. The van der Waals surface area contributed by atoms with E-state index in [4.69, 9.17) is 9.47 Å². The number of carbonyl (C=O) groups excluding carboxylic acids is 3. The first-order valence-electron chi connectivity index (χ1n) is 12.8. The van der Waals surface area contributed by atoms with Crippen LogP contribution in [-0.2, 0) is 23.9 Å². The highest BCUT2D eigenvalue weighted by atomic mass is 16.5. The average Bonchev–Trinajstić information content (AvgIpc) is 3.53. The van der Waals surface area contributed by atoms with Gasteiger partial charge in [0.2, 0.25) is 5.91 Å². The van der Waals surface area contributed by atoms with Crippen LogP contribution in [0.5, 0.6) is 0 Å². The Kier molecular flexibility index (Phi) is 7.06. The smallest absolute Gasteiger partial charge is 0.330 e. The van der Waals surface area contributed by atoms with Gasteiger partial charge in [-0.1, -0.05) is 18.2 Å². The van der Waals surface area contributed by atoms with Crippen LogP contribution < -0.4 is 0 Å². The molecule has 9 nitrogen and oxygen atoms in total. The highest BCUT2D eigenvalue weighted by Crippen LogP contribution is 2.50. The second-order valence-corrected chi connectivity index (χ2v) is 9.87. The van der Waals surface area contributed by atoms with E-state index < -0.39 is 12.0 Å². The number of aliphatic hydroxyl groups excluding tert-OH is 1. The zero-order chi connectivity index (χ0) is 26.1. The lowest BCUT2D eigenvalue weighted by atomic mass is 9.77. The quantitative estimate of drug-likeness (QED) is 0.454. The molecule has 5 rings (SSSR count). The SMILES string of the molecule is COC(=O)/C=C/C1=CN(CCOC(C)=O)[C@@H]2C[C@H]1[C@@H](C(=O)N1CCC[C@H]1CO)n1c2cc2ccccc21. The van der Waals surface area contributed by atoms with Gasteiger partial charge < -0.3 is 28.9 Å². The maximum atomic E-state index is 14.2. The molecule has 0 aliphatic carbocycles. The zero-order valence-electron chi connectivity index (χ0n) is 21.2. The number of hydrogen-bond acceptors (Lipinski definition) is 7. The molecule has 2 bridgehead atoms. The van der Waals surface area contributed by atoms with Crippen LogP contribution >= 0.6 is 0 Å². The van der Waals surface area contributed by atoms with Crippen LogP contribution in [0.4, 0.5) is 0 Å². The van der Waals surface area contributed by atoms with Gasteiger partial charge in [-0.25, -0.2) is 4.79 Å². The van der Waals surface area contributed by atoms with Crippen molar-refractivity contribution in [1.82, 2.24) is 14.4 Å². The fourth-order valence-electron chi connectivity index (χ4n) is 6.12. The number of ether oxygens (including phenoxy) is 2. The van der Waals surface area contributed by atoms with Gasteiger partial charge in [-0.05, 0) is 48.4 Å². The molecular formula is C28H33N3O6. The first-order valence-corrected chi connectivity index (χ1v) is 12.8. The third-order valence-corrected chi connectivity index (χ3v) is 7.79. The maximum absolute atomic E-state index is 14.2. The normalized spacial score (nSPS) is 24.8. The number of allylic oxidation sites excluding steroid dienone is 2. The molecule has 3 aliphatic rings.